The van der Waals surface area contributed by atoms with Gasteiger partial charge in [0, 0.05) is 36.9 Å². The Kier molecular flexibility index (Phi) is 8.11. The van der Waals surface area contributed by atoms with E-state index in [9.17, 15) is 0 Å². The third kappa shape index (κ3) is 5.15. The summed E-state index contributed by atoms with van der Waals surface area (Å²) in [4.78, 5) is 11.0. The average molecular weight is 893 g/mol. The van der Waals surface area contributed by atoms with E-state index in [1.54, 1.807) is 0 Å². The zero-order chi connectivity index (χ0) is 45.3. The number of aromatic nitrogens is 2. The minimum Gasteiger partial charge on any atom is -0.228 e. The van der Waals surface area contributed by atoms with Crippen molar-refractivity contribution < 1.29 is 0 Å². The molecule has 0 N–H and O–H groups in total. The second-order valence-electron chi connectivity index (χ2n) is 18.6. The first kappa shape index (κ1) is 38.6. The van der Waals surface area contributed by atoms with Crippen LogP contribution in [0.1, 0.15) is 44.5 Å². The van der Waals surface area contributed by atoms with Gasteiger partial charge in [-0.25, -0.2) is 9.97 Å². The Labute approximate surface area is 404 Å². The van der Waals surface area contributed by atoms with E-state index in [1.165, 1.54) is 92.5 Å². The minimum absolute atomic E-state index is 0.547. The van der Waals surface area contributed by atoms with E-state index in [2.05, 4.69) is 243 Å². The van der Waals surface area contributed by atoms with Gasteiger partial charge in [0.05, 0.1) is 22.2 Å². The summed E-state index contributed by atoms with van der Waals surface area (Å²) < 4.78 is 2.60. The molecular weight excluding hydrogens is 853 g/mol. The van der Waals surface area contributed by atoms with Gasteiger partial charge in [-0.05, 0) is 102 Å². The molecule has 0 saturated heterocycles. The monoisotopic (exact) mass is 892 g/mol. The summed E-state index contributed by atoms with van der Waals surface area (Å²) in [5.41, 5.74) is 21.6. The Morgan fingerprint density at radius 2 is 0.812 bits per heavy atom. The summed E-state index contributed by atoms with van der Waals surface area (Å²) in [5.74, 6) is 0.698. The second kappa shape index (κ2) is 14.5. The van der Waals surface area contributed by atoms with Crippen molar-refractivity contribution >= 4 is 31.5 Å². The van der Waals surface area contributed by atoms with Crippen LogP contribution in [0.2, 0.25) is 0 Å². The maximum Gasteiger partial charge on any atom is 0.160 e. The van der Waals surface area contributed by atoms with Gasteiger partial charge in [0.15, 0.2) is 5.82 Å². The third-order valence-electron chi connectivity index (χ3n) is 15.4. The molecule has 0 radical (unpaired) electrons. The number of hydrogen-bond donors (Lipinski definition) is 0. The molecular formula is C66H40N2S. The van der Waals surface area contributed by atoms with Crippen molar-refractivity contribution in [2.24, 2.45) is 0 Å². The van der Waals surface area contributed by atoms with Crippen molar-refractivity contribution in [2.75, 3.05) is 0 Å². The van der Waals surface area contributed by atoms with E-state index in [1.807, 2.05) is 11.3 Å². The van der Waals surface area contributed by atoms with Gasteiger partial charge in [-0.15, -0.1) is 11.3 Å². The predicted octanol–water partition coefficient (Wildman–Crippen LogP) is 16.6. The first-order valence-corrected chi connectivity index (χ1v) is 24.6. The minimum atomic E-state index is -0.728. The molecule has 3 aliphatic rings. The van der Waals surface area contributed by atoms with E-state index >= 15 is 0 Å². The van der Waals surface area contributed by atoms with Gasteiger partial charge >= 0.3 is 0 Å². The highest BCUT2D eigenvalue weighted by molar-refractivity contribution is 7.26. The Morgan fingerprint density at radius 3 is 1.51 bits per heavy atom. The lowest BCUT2D eigenvalue weighted by atomic mass is 9.52. The maximum absolute atomic E-state index is 5.63. The molecule has 2 nitrogen and oxygen atoms in total. The number of thiophene rings is 1. The summed E-state index contributed by atoms with van der Waals surface area (Å²) in [6, 6.07) is 89.9. The van der Waals surface area contributed by atoms with Crippen LogP contribution >= 0.6 is 11.3 Å². The van der Waals surface area contributed by atoms with Gasteiger partial charge < -0.3 is 0 Å². The Bertz CT molecular complexity index is 3990. The number of rotatable bonds is 4. The van der Waals surface area contributed by atoms with Crippen molar-refractivity contribution in [1.82, 2.24) is 9.97 Å². The topological polar surface area (TPSA) is 25.8 Å². The van der Waals surface area contributed by atoms with Crippen molar-refractivity contribution in [3.63, 3.8) is 0 Å². The molecule has 320 valence electrons. The van der Waals surface area contributed by atoms with Crippen LogP contribution in [0, 0.1) is 0 Å². The fourth-order valence-electron chi connectivity index (χ4n) is 12.8. The fraction of sp³-hybridized carbons (Fsp3) is 0.0303. The van der Waals surface area contributed by atoms with Gasteiger partial charge in [0.2, 0.25) is 0 Å². The summed E-state index contributed by atoms with van der Waals surface area (Å²) >= 11 is 1.89. The van der Waals surface area contributed by atoms with Crippen molar-refractivity contribution in [2.45, 2.75) is 10.8 Å². The largest absolute Gasteiger partial charge is 0.228 e. The Hall–Kier alpha value is -8.50. The highest BCUT2D eigenvalue weighted by Gasteiger charge is 2.59. The SMILES string of the molecule is c1ccc(-c2cccc(-c3cc(-c4cccc5c4C4(c6ccccc6C6(c7ccccc7-c7ccccc76)c6ccccc64)c4ccc6sc7ccccc7c6c4-5)nc(-c4ccccc4)n3)c2)cc1. The lowest BCUT2D eigenvalue weighted by Crippen LogP contribution is -2.44. The zero-order valence-electron chi connectivity index (χ0n) is 37.4. The second-order valence-corrected chi connectivity index (χ2v) is 19.7. The van der Waals surface area contributed by atoms with Crippen LogP contribution in [0.15, 0.2) is 243 Å². The first-order chi connectivity index (χ1) is 34.2. The molecule has 3 aliphatic carbocycles. The predicted molar refractivity (Wildman–Crippen MR) is 285 cm³/mol. The van der Waals surface area contributed by atoms with E-state index in [-0.39, 0.29) is 0 Å². The fourth-order valence-corrected chi connectivity index (χ4v) is 13.9. The van der Waals surface area contributed by atoms with Crippen LogP contribution in [-0.4, -0.2) is 9.97 Å². The van der Waals surface area contributed by atoms with Crippen molar-refractivity contribution in [1.29, 1.82) is 0 Å². The highest BCUT2D eigenvalue weighted by atomic mass is 32.1. The standard InChI is InChI=1S/C66H40N2S/c1-3-19-41(20-4-1)43-23-17-24-44(39-43)57-40-58(68-64(67-57)42-21-5-2-6-22-42)47-28-18-29-49-61-56(37-38-60-62(61)48-27-9-16-36-59(48)69-60)66(63(47)49)54-34-14-12-32-52(54)65(53-33-13-15-35-55(53)66)50-30-10-7-25-45(50)46-26-8-11-31-51(46)65/h1-40H. The van der Waals surface area contributed by atoms with Gasteiger partial charge in [-0.3, -0.25) is 0 Å². The Balaban J connectivity index is 1.09. The molecule has 0 aliphatic heterocycles. The van der Waals surface area contributed by atoms with Gasteiger partial charge in [0.1, 0.15) is 0 Å². The molecule has 0 amide bonds. The lowest BCUT2D eigenvalue weighted by molar-refractivity contribution is 0.633. The molecule has 0 bridgehead atoms. The molecule has 0 atom stereocenters. The van der Waals surface area contributed by atoms with E-state index < -0.39 is 10.8 Å². The number of hydrogen-bond acceptors (Lipinski definition) is 3. The van der Waals surface area contributed by atoms with E-state index in [0.29, 0.717) is 5.82 Å². The Morgan fingerprint density at radius 1 is 0.304 bits per heavy atom. The quantitative estimate of drug-likeness (QED) is 0.176. The zero-order valence-corrected chi connectivity index (χ0v) is 38.2. The third-order valence-corrected chi connectivity index (χ3v) is 16.5. The van der Waals surface area contributed by atoms with Gasteiger partial charge in [-0.2, -0.15) is 0 Å². The number of fused-ring (bicyclic) bond motifs is 20. The summed E-state index contributed by atoms with van der Waals surface area (Å²) in [6.45, 7) is 0. The van der Waals surface area contributed by atoms with Crippen LogP contribution in [-0.2, 0) is 10.8 Å². The summed E-state index contributed by atoms with van der Waals surface area (Å²) in [7, 11) is 0. The van der Waals surface area contributed by atoms with E-state index in [4.69, 9.17) is 9.97 Å². The van der Waals surface area contributed by atoms with Crippen LogP contribution in [0.25, 0.3) is 87.5 Å². The molecule has 69 heavy (non-hydrogen) atoms. The van der Waals surface area contributed by atoms with Crippen LogP contribution in [0.3, 0.4) is 0 Å². The van der Waals surface area contributed by atoms with Crippen LogP contribution in [0.5, 0.6) is 0 Å². The summed E-state index contributed by atoms with van der Waals surface area (Å²) in [5, 5.41) is 2.62. The normalized spacial score (nSPS) is 14.0. The van der Waals surface area contributed by atoms with E-state index in [0.717, 1.165) is 33.6 Å². The highest BCUT2D eigenvalue weighted by Crippen LogP contribution is 2.69. The molecule has 10 aromatic carbocycles. The van der Waals surface area contributed by atoms with Crippen LogP contribution in [0.4, 0.5) is 0 Å². The first-order valence-electron chi connectivity index (χ1n) is 23.8. The number of benzene rings is 10. The summed E-state index contributed by atoms with van der Waals surface area (Å²) in [6.07, 6.45) is 0. The molecule has 3 heteroatoms. The molecule has 2 aromatic heterocycles. The average Bonchev–Trinajstić information content (AvgIpc) is 4.06. The van der Waals surface area contributed by atoms with Crippen molar-refractivity contribution in [3.8, 4) is 67.3 Å². The molecule has 2 spiro atoms. The molecule has 15 rings (SSSR count). The molecule has 2 heterocycles. The maximum atomic E-state index is 5.63. The van der Waals surface area contributed by atoms with Crippen molar-refractivity contribution in [3.05, 3.63) is 287 Å². The molecule has 12 aromatic rings. The molecule has 0 fully saturated rings. The van der Waals surface area contributed by atoms with Gasteiger partial charge in [-0.1, -0.05) is 218 Å². The molecule has 0 saturated carbocycles. The lowest BCUT2D eigenvalue weighted by Gasteiger charge is -2.49. The number of nitrogens with zero attached hydrogens (tertiary/aromatic N) is 2. The smallest absolute Gasteiger partial charge is 0.160 e. The van der Waals surface area contributed by atoms with Gasteiger partial charge in [0.25, 0.3) is 0 Å². The van der Waals surface area contributed by atoms with Crippen LogP contribution < -0.4 is 0 Å². The molecule has 0 unspecified atom stereocenters.